The van der Waals surface area contributed by atoms with Gasteiger partial charge in [0.25, 0.3) is 11.6 Å². The summed E-state index contributed by atoms with van der Waals surface area (Å²) >= 11 is 0. The van der Waals surface area contributed by atoms with Crippen molar-refractivity contribution in [2.24, 2.45) is 0 Å². The topological polar surface area (TPSA) is 209 Å². The fourth-order valence-corrected chi connectivity index (χ4v) is 4.40. The second kappa shape index (κ2) is 9.83. The standard InChI is InChI=1S/C21H34N4O10Si/c1-19(2,3)36(4,5)34-11-14-20(29,30)21(31,32)16(35-14)25-9-12-8-13(23-15(12)24-17(25)26)10-33-7-6-22-18(27)28/h8-9,14,16,22,29-32H,6-7,10-11H2,1-5H3,(H,27,28)(H,23,24,26)/t14-,16+/m1/s1. The molecule has 1 aliphatic rings. The molecular weight excluding hydrogens is 496 g/mol. The average Bonchev–Trinajstić information content (AvgIpc) is 3.20. The third-order valence-corrected chi connectivity index (χ3v) is 11.2. The molecule has 2 aromatic rings. The SMILES string of the molecule is CC(C)(C)[Si](C)(C)OC[C@H]1O[C@H](n2cc3cc(COCCNC(=O)O)[nH]c3nc2=O)C(O)(O)C1(O)O. The van der Waals surface area contributed by atoms with Gasteiger partial charge < -0.3 is 49.7 Å². The molecule has 2 aromatic heterocycles. The van der Waals surface area contributed by atoms with Gasteiger partial charge in [-0.2, -0.15) is 4.98 Å². The molecular formula is C21H34N4O10Si. The van der Waals surface area contributed by atoms with Crippen LogP contribution in [-0.2, 0) is 20.5 Å². The number of hydrogen-bond acceptors (Lipinski definition) is 10. The number of fused-ring (bicyclic) bond motifs is 1. The van der Waals surface area contributed by atoms with Crippen molar-refractivity contribution in [3.63, 3.8) is 0 Å². The zero-order valence-electron chi connectivity index (χ0n) is 20.8. The molecule has 3 heterocycles. The zero-order valence-corrected chi connectivity index (χ0v) is 21.8. The molecule has 0 aromatic carbocycles. The van der Waals surface area contributed by atoms with Crippen molar-refractivity contribution in [2.45, 2.75) is 69.4 Å². The van der Waals surface area contributed by atoms with Crippen LogP contribution in [-0.4, -0.2) is 91.9 Å². The fourth-order valence-electron chi connectivity index (χ4n) is 3.40. The van der Waals surface area contributed by atoms with Gasteiger partial charge in [0, 0.05) is 23.8 Å². The van der Waals surface area contributed by atoms with Gasteiger partial charge in [-0.3, -0.25) is 4.57 Å². The highest BCUT2D eigenvalue weighted by atomic mass is 28.4. The van der Waals surface area contributed by atoms with Gasteiger partial charge in [-0.1, -0.05) is 20.8 Å². The molecule has 0 saturated carbocycles. The van der Waals surface area contributed by atoms with E-state index in [1.807, 2.05) is 33.9 Å². The number of ether oxygens (including phenoxy) is 2. The maximum absolute atomic E-state index is 12.7. The van der Waals surface area contributed by atoms with Crippen LogP contribution in [0.15, 0.2) is 17.1 Å². The van der Waals surface area contributed by atoms with Crippen molar-refractivity contribution in [2.75, 3.05) is 19.8 Å². The molecule has 202 valence electrons. The van der Waals surface area contributed by atoms with Gasteiger partial charge in [-0.15, -0.1) is 0 Å². The van der Waals surface area contributed by atoms with E-state index in [1.165, 1.54) is 6.20 Å². The summed E-state index contributed by atoms with van der Waals surface area (Å²) in [5.41, 5.74) is -0.215. The van der Waals surface area contributed by atoms with Gasteiger partial charge in [0.1, 0.15) is 11.8 Å². The summed E-state index contributed by atoms with van der Waals surface area (Å²) in [5, 5.41) is 53.3. The lowest BCUT2D eigenvalue weighted by atomic mass is 10.0. The third-order valence-electron chi connectivity index (χ3n) is 6.65. The predicted molar refractivity (Wildman–Crippen MR) is 127 cm³/mol. The molecule has 2 atom stereocenters. The van der Waals surface area contributed by atoms with Crippen LogP contribution in [0, 0.1) is 0 Å². The molecule has 1 fully saturated rings. The van der Waals surface area contributed by atoms with E-state index in [2.05, 4.69) is 15.3 Å². The second-order valence-corrected chi connectivity index (χ2v) is 15.1. The number of carboxylic acid groups (broad SMARTS) is 1. The molecule has 15 heteroatoms. The number of aromatic amines is 1. The van der Waals surface area contributed by atoms with Crippen LogP contribution in [0.25, 0.3) is 11.0 Å². The maximum atomic E-state index is 12.7. The van der Waals surface area contributed by atoms with Gasteiger partial charge in [-0.05, 0) is 24.2 Å². The first-order valence-electron chi connectivity index (χ1n) is 11.3. The Morgan fingerprint density at radius 1 is 1.28 bits per heavy atom. The molecule has 1 aliphatic heterocycles. The minimum Gasteiger partial charge on any atom is -0.465 e. The molecule has 0 bridgehead atoms. The first-order valence-corrected chi connectivity index (χ1v) is 14.2. The van der Waals surface area contributed by atoms with Crippen molar-refractivity contribution >= 4 is 25.4 Å². The molecule has 1 saturated heterocycles. The monoisotopic (exact) mass is 530 g/mol. The molecule has 7 N–H and O–H groups in total. The van der Waals surface area contributed by atoms with Crippen molar-refractivity contribution in [1.82, 2.24) is 19.9 Å². The molecule has 0 unspecified atom stereocenters. The van der Waals surface area contributed by atoms with Gasteiger partial charge in [0.05, 0.1) is 19.8 Å². The predicted octanol–water partition coefficient (Wildman–Crippen LogP) is -0.210. The third kappa shape index (κ3) is 5.47. The minimum absolute atomic E-state index is 0.0684. The summed E-state index contributed by atoms with van der Waals surface area (Å²) in [4.78, 5) is 29.9. The summed E-state index contributed by atoms with van der Waals surface area (Å²) in [6.07, 6.45) is -3.37. The van der Waals surface area contributed by atoms with E-state index in [1.54, 1.807) is 6.07 Å². The van der Waals surface area contributed by atoms with Crippen LogP contribution >= 0.6 is 0 Å². The number of nitrogens with zero attached hydrogens (tertiary/aromatic N) is 2. The molecule has 0 radical (unpaired) electrons. The Labute approximate surface area is 207 Å². The summed E-state index contributed by atoms with van der Waals surface area (Å²) in [6, 6.07) is 1.59. The van der Waals surface area contributed by atoms with E-state index in [0.717, 1.165) is 4.57 Å². The lowest BCUT2D eigenvalue weighted by Gasteiger charge is -2.38. The molecule has 0 aliphatic carbocycles. The van der Waals surface area contributed by atoms with Gasteiger partial charge in [-0.25, -0.2) is 9.59 Å². The molecule has 14 nitrogen and oxygen atoms in total. The lowest BCUT2D eigenvalue weighted by molar-refractivity contribution is -0.355. The Morgan fingerprint density at radius 3 is 2.56 bits per heavy atom. The number of aromatic nitrogens is 3. The second-order valence-electron chi connectivity index (χ2n) is 10.3. The largest absolute Gasteiger partial charge is 0.465 e. The summed E-state index contributed by atoms with van der Waals surface area (Å²) in [5.74, 6) is -6.40. The van der Waals surface area contributed by atoms with Crippen LogP contribution in [0.4, 0.5) is 4.79 Å². The van der Waals surface area contributed by atoms with Crippen molar-refractivity contribution in [1.29, 1.82) is 0 Å². The number of H-pyrrole nitrogens is 1. The quantitative estimate of drug-likeness (QED) is 0.128. The highest BCUT2D eigenvalue weighted by Crippen LogP contribution is 2.43. The Morgan fingerprint density at radius 2 is 1.94 bits per heavy atom. The number of carbonyl (C=O) groups is 1. The Kier molecular flexibility index (Phi) is 7.70. The van der Waals surface area contributed by atoms with Crippen molar-refractivity contribution in [3.8, 4) is 0 Å². The summed E-state index contributed by atoms with van der Waals surface area (Å²) in [7, 11) is -2.34. The van der Waals surface area contributed by atoms with Crippen LogP contribution in [0.2, 0.25) is 18.1 Å². The van der Waals surface area contributed by atoms with Crippen LogP contribution in [0.1, 0.15) is 32.7 Å². The number of nitrogens with one attached hydrogen (secondary N) is 2. The minimum atomic E-state index is -3.26. The van der Waals surface area contributed by atoms with E-state index in [-0.39, 0.29) is 37.1 Å². The van der Waals surface area contributed by atoms with Gasteiger partial charge in [0.2, 0.25) is 0 Å². The molecule has 0 spiro atoms. The van der Waals surface area contributed by atoms with Crippen LogP contribution in [0.3, 0.4) is 0 Å². The first-order chi connectivity index (χ1) is 16.5. The normalized spacial score (nSPS) is 21.7. The zero-order chi connectivity index (χ0) is 27.1. The van der Waals surface area contributed by atoms with E-state index in [4.69, 9.17) is 19.0 Å². The number of amides is 1. The van der Waals surface area contributed by atoms with Gasteiger partial charge in [0.15, 0.2) is 14.5 Å². The first kappa shape index (κ1) is 28.2. The smallest absolute Gasteiger partial charge is 0.404 e. The average molecular weight is 531 g/mol. The lowest BCUT2D eigenvalue weighted by Crippen LogP contribution is -2.60. The number of aliphatic hydroxyl groups is 4. The van der Waals surface area contributed by atoms with Crippen molar-refractivity contribution in [3.05, 3.63) is 28.4 Å². The fraction of sp³-hybridized carbons (Fsp3) is 0.667. The van der Waals surface area contributed by atoms with Crippen LogP contribution < -0.4 is 11.0 Å². The summed E-state index contributed by atoms with van der Waals surface area (Å²) in [6.45, 7) is 9.81. The Balaban J connectivity index is 1.80. The summed E-state index contributed by atoms with van der Waals surface area (Å²) < 4.78 is 17.7. The highest BCUT2D eigenvalue weighted by molar-refractivity contribution is 6.74. The van der Waals surface area contributed by atoms with Crippen LogP contribution in [0.5, 0.6) is 0 Å². The van der Waals surface area contributed by atoms with E-state index in [0.29, 0.717) is 11.1 Å². The molecule has 3 rings (SSSR count). The van der Waals surface area contributed by atoms with Crippen molar-refractivity contribution < 1.29 is 44.2 Å². The Bertz CT molecular complexity index is 1150. The molecule has 1 amide bonds. The maximum Gasteiger partial charge on any atom is 0.404 e. The van der Waals surface area contributed by atoms with E-state index in [9.17, 15) is 30.0 Å². The number of hydrogen-bond donors (Lipinski definition) is 7. The highest BCUT2D eigenvalue weighted by Gasteiger charge is 2.67. The number of rotatable bonds is 9. The van der Waals surface area contributed by atoms with Gasteiger partial charge >= 0.3 is 11.8 Å². The Hall–Kier alpha value is -2.37. The molecule has 36 heavy (non-hydrogen) atoms. The van der Waals surface area contributed by atoms with E-state index >= 15 is 0 Å². The van der Waals surface area contributed by atoms with E-state index < -0.39 is 44.0 Å².